The summed E-state index contributed by atoms with van der Waals surface area (Å²) in [7, 11) is 0. The van der Waals surface area contributed by atoms with Gasteiger partial charge in [-0.2, -0.15) is 4.21 Å². The van der Waals surface area contributed by atoms with Gasteiger partial charge in [-0.1, -0.05) is 20.8 Å². The molecule has 114 valence electrons. The van der Waals surface area contributed by atoms with Gasteiger partial charge < -0.3 is 0 Å². The SMILES string of the molecule is CC(C)[C@@H]1CC[C@@]2(C)C(=O)CC[C@]3(C)O[S@](=O)O[C@H]1[C@H]23. The maximum Gasteiger partial charge on any atom is 0.305 e. The van der Waals surface area contributed by atoms with E-state index in [1.54, 1.807) is 0 Å². The highest BCUT2D eigenvalue weighted by atomic mass is 32.2. The first-order valence-corrected chi connectivity index (χ1v) is 8.59. The van der Waals surface area contributed by atoms with Crippen LogP contribution >= 0.6 is 0 Å². The molecule has 0 unspecified atom stereocenters. The van der Waals surface area contributed by atoms with Crippen molar-refractivity contribution in [1.29, 1.82) is 0 Å². The van der Waals surface area contributed by atoms with Gasteiger partial charge in [0.2, 0.25) is 0 Å². The monoisotopic (exact) mass is 300 g/mol. The summed E-state index contributed by atoms with van der Waals surface area (Å²) in [5, 5.41) is 0. The molecule has 5 heteroatoms. The van der Waals surface area contributed by atoms with Crippen molar-refractivity contribution >= 4 is 17.1 Å². The standard InChI is InChI=1S/C15H24O4S/c1-9(2)10-5-7-14(3)11(16)6-8-15(4)13(14)12(10)18-20(17)19-15/h9-10,12-13H,5-8H2,1-4H3/t10-,12+,13+,14-,15-,20+/m0/s1. The van der Waals surface area contributed by atoms with Crippen LogP contribution in [-0.2, 0) is 24.5 Å². The Morgan fingerprint density at radius 2 is 2.00 bits per heavy atom. The van der Waals surface area contributed by atoms with Gasteiger partial charge in [-0.05, 0) is 38.0 Å². The smallest absolute Gasteiger partial charge is 0.299 e. The van der Waals surface area contributed by atoms with Gasteiger partial charge in [0.25, 0.3) is 0 Å². The molecule has 0 radical (unpaired) electrons. The molecule has 0 aromatic rings. The summed E-state index contributed by atoms with van der Waals surface area (Å²) < 4.78 is 23.3. The van der Waals surface area contributed by atoms with E-state index >= 15 is 0 Å². The van der Waals surface area contributed by atoms with Crippen LogP contribution in [0.3, 0.4) is 0 Å². The highest BCUT2D eigenvalue weighted by Crippen LogP contribution is 2.58. The van der Waals surface area contributed by atoms with Crippen molar-refractivity contribution in [1.82, 2.24) is 0 Å². The molecule has 2 saturated carbocycles. The molecule has 3 rings (SSSR count). The summed E-state index contributed by atoms with van der Waals surface area (Å²) in [5.41, 5.74) is -0.877. The Kier molecular flexibility index (Phi) is 3.39. The Morgan fingerprint density at radius 3 is 2.65 bits per heavy atom. The summed E-state index contributed by atoms with van der Waals surface area (Å²) in [4.78, 5) is 12.5. The second kappa shape index (κ2) is 4.62. The number of rotatable bonds is 1. The van der Waals surface area contributed by atoms with Gasteiger partial charge in [0, 0.05) is 17.8 Å². The zero-order valence-corrected chi connectivity index (χ0v) is 13.5. The first kappa shape index (κ1) is 14.7. The van der Waals surface area contributed by atoms with Crippen LogP contribution in [0.4, 0.5) is 0 Å². The van der Waals surface area contributed by atoms with Crippen molar-refractivity contribution in [2.75, 3.05) is 0 Å². The van der Waals surface area contributed by atoms with Gasteiger partial charge in [-0.25, -0.2) is 0 Å². The van der Waals surface area contributed by atoms with Crippen LogP contribution in [-0.4, -0.2) is 21.7 Å². The number of hydrogen-bond donors (Lipinski definition) is 0. The van der Waals surface area contributed by atoms with Gasteiger partial charge in [0.1, 0.15) is 5.78 Å². The van der Waals surface area contributed by atoms with Crippen molar-refractivity contribution in [3.05, 3.63) is 0 Å². The van der Waals surface area contributed by atoms with Gasteiger partial charge in [-0.15, -0.1) is 0 Å². The summed E-state index contributed by atoms with van der Waals surface area (Å²) >= 11 is -1.69. The molecule has 0 aromatic heterocycles. The molecule has 1 aliphatic heterocycles. The van der Waals surface area contributed by atoms with Crippen molar-refractivity contribution in [3.8, 4) is 0 Å². The Labute approximate surface area is 123 Å². The fourth-order valence-electron chi connectivity index (χ4n) is 4.73. The predicted molar refractivity (Wildman–Crippen MR) is 75.9 cm³/mol. The van der Waals surface area contributed by atoms with Crippen LogP contribution in [0.2, 0.25) is 0 Å². The second-order valence-electron chi connectivity index (χ2n) is 7.43. The van der Waals surface area contributed by atoms with E-state index in [1.165, 1.54) is 0 Å². The maximum absolute atomic E-state index is 12.5. The number of hydrogen-bond acceptors (Lipinski definition) is 4. The Balaban J connectivity index is 2.06. The van der Waals surface area contributed by atoms with Crippen molar-refractivity contribution in [2.45, 2.75) is 65.1 Å². The van der Waals surface area contributed by atoms with E-state index in [-0.39, 0.29) is 17.4 Å². The number of carbonyl (C=O) groups excluding carboxylic acids is 1. The van der Waals surface area contributed by atoms with Crippen molar-refractivity contribution in [3.63, 3.8) is 0 Å². The third kappa shape index (κ3) is 1.93. The Morgan fingerprint density at radius 1 is 1.30 bits per heavy atom. The van der Waals surface area contributed by atoms with E-state index in [0.29, 0.717) is 30.5 Å². The van der Waals surface area contributed by atoms with Crippen LogP contribution in [0.25, 0.3) is 0 Å². The first-order chi connectivity index (χ1) is 9.28. The zero-order valence-electron chi connectivity index (χ0n) is 12.7. The molecule has 0 spiro atoms. The number of carbonyl (C=O) groups is 1. The topological polar surface area (TPSA) is 52.6 Å². The van der Waals surface area contributed by atoms with E-state index in [4.69, 9.17) is 8.37 Å². The molecule has 6 atom stereocenters. The Bertz CT molecular complexity index is 463. The van der Waals surface area contributed by atoms with E-state index in [2.05, 4.69) is 20.8 Å². The molecular weight excluding hydrogens is 276 g/mol. The molecule has 0 amide bonds. The van der Waals surface area contributed by atoms with Crippen LogP contribution in [0.5, 0.6) is 0 Å². The van der Waals surface area contributed by atoms with Gasteiger partial charge in [0.15, 0.2) is 0 Å². The molecule has 1 saturated heterocycles. The molecule has 3 aliphatic rings. The average molecular weight is 300 g/mol. The molecule has 3 fully saturated rings. The third-order valence-electron chi connectivity index (χ3n) is 5.88. The Hall–Kier alpha value is -0.260. The predicted octanol–water partition coefficient (Wildman–Crippen LogP) is 2.79. The number of ketones is 1. The lowest BCUT2D eigenvalue weighted by Crippen LogP contribution is -2.66. The molecule has 0 aromatic carbocycles. The lowest BCUT2D eigenvalue weighted by atomic mass is 9.51. The van der Waals surface area contributed by atoms with E-state index in [9.17, 15) is 9.00 Å². The molecule has 0 N–H and O–H groups in total. The molecule has 20 heavy (non-hydrogen) atoms. The summed E-state index contributed by atoms with van der Waals surface area (Å²) in [6.07, 6.45) is 2.92. The van der Waals surface area contributed by atoms with E-state index < -0.39 is 17.0 Å². The van der Waals surface area contributed by atoms with E-state index in [1.807, 2.05) is 6.92 Å². The number of Topliss-reactive ketones (excluding diaryl/α,β-unsaturated/α-hetero) is 1. The summed E-state index contributed by atoms with van der Waals surface area (Å²) in [6.45, 7) is 8.43. The molecular formula is C15H24O4S. The summed E-state index contributed by atoms with van der Waals surface area (Å²) in [6, 6.07) is 0. The molecule has 1 heterocycles. The summed E-state index contributed by atoms with van der Waals surface area (Å²) in [5.74, 6) is 1.16. The van der Waals surface area contributed by atoms with Crippen LogP contribution < -0.4 is 0 Å². The van der Waals surface area contributed by atoms with Crippen LogP contribution in [0, 0.1) is 23.2 Å². The van der Waals surface area contributed by atoms with Crippen molar-refractivity contribution in [2.24, 2.45) is 23.2 Å². The fraction of sp³-hybridized carbons (Fsp3) is 0.933. The lowest BCUT2D eigenvalue weighted by molar-refractivity contribution is -0.193. The zero-order chi connectivity index (χ0) is 14.7. The normalized spacial score (nSPS) is 52.0. The largest absolute Gasteiger partial charge is 0.305 e. The van der Waals surface area contributed by atoms with Gasteiger partial charge >= 0.3 is 11.4 Å². The third-order valence-corrected chi connectivity index (χ3v) is 6.78. The maximum atomic E-state index is 12.5. The highest BCUT2D eigenvalue weighted by Gasteiger charge is 2.64. The van der Waals surface area contributed by atoms with Gasteiger partial charge in [0.05, 0.1) is 11.7 Å². The molecule has 0 bridgehead atoms. The van der Waals surface area contributed by atoms with E-state index in [0.717, 1.165) is 12.8 Å². The quantitative estimate of drug-likeness (QED) is 0.747. The fourth-order valence-corrected chi connectivity index (χ4v) is 5.70. The first-order valence-electron chi connectivity index (χ1n) is 7.59. The second-order valence-corrected chi connectivity index (χ2v) is 8.19. The molecule has 2 aliphatic carbocycles. The van der Waals surface area contributed by atoms with Crippen LogP contribution in [0.1, 0.15) is 53.4 Å². The minimum Gasteiger partial charge on any atom is -0.299 e. The highest BCUT2D eigenvalue weighted by molar-refractivity contribution is 7.75. The van der Waals surface area contributed by atoms with Crippen molar-refractivity contribution < 1.29 is 17.4 Å². The average Bonchev–Trinajstić information content (AvgIpc) is 2.33. The van der Waals surface area contributed by atoms with Crippen LogP contribution in [0.15, 0.2) is 0 Å². The lowest BCUT2D eigenvalue weighted by Gasteiger charge is -2.59. The minimum atomic E-state index is -1.69. The van der Waals surface area contributed by atoms with Gasteiger partial charge in [-0.3, -0.25) is 13.2 Å². The minimum absolute atomic E-state index is 0.0232. The molecule has 4 nitrogen and oxygen atoms in total.